The van der Waals surface area contributed by atoms with Gasteiger partial charge in [0.05, 0.1) is 0 Å². The summed E-state index contributed by atoms with van der Waals surface area (Å²) in [6.45, 7) is 0. The van der Waals surface area contributed by atoms with Crippen molar-refractivity contribution in [3.05, 3.63) is 0 Å². The Bertz CT molecular complexity index is 19.3. The number of halogens is 5. The summed E-state index contributed by atoms with van der Waals surface area (Å²) in [6.07, 6.45) is 0. The molecular formula is Cl5IrPt. The molecule has 54 valence electrons. The zero-order valence-corrected chi connectivity index (χ0v) is 11.0. The maximum atomic E-state index is 4.97. The third-order valence-corrected chi connectivity index (χ3v) is 0. The molecule has 0 aliphatic heterocycles. The molecule has 0 aromatic heterocycles. The Labute approximate surface area is 76.3 Å². The Morgan fingerprint density at radius 1 is 1.00 bits per heavy atom. The Morgan fingerprint density at radius 3 is 1.00 bits per heavy atom. The molecule has 0 aromatic carbocycles. The van der Waals surface area contributed by atoms with E-state index < -0.39 is 29.9 Å². The number of hydrogen-bond acceptors (Lipinski definition) is 0. The molecule has 0 spiro atoms. The van der Waals surface area contributed by atoms with E-state index in [1.165, 1.54) is 0 Å². The van der Waals surface area contributed by atoms with E-state index in [0.29, 0.717) is 0 Å². The van der Waals surface area contributed by atoms with Crippen LogP contribution < -0.4 is 0 Å². The molecule has 0 aromatic rings. The van der Waals surface area contributed by atoms with E-state index >= 15 is 0 Å². The summed E-state index contributed by atoms with van der Waals surface area (Å²) in [5, 5.41) is 0. The van der Waals surface area contributed by atoms with Crippen LogP contribution in [0.1, 0.15) is 0 Å². The fraction of sp³-hybridized carbons (Fsp3) is 0. The molecule has 0 aliphatic carbocycles. The normalized spacial score (nSPS) is 9.57. The van der Waals surface area contributed by atoms with Gasteiger partial charge in [0.2, 0.25) is 0 Å². The zero-order chi connectivity index (χ0) is 6.28. The summed E-state index contributed by atoms with van der Waals surface area (Å²) in [4.78, 5) is 0. The minimum absolute atomic E-state index is 0.472. The Hall–Kier alpha value is 2.79. The molecule has 7 heteroatoms. The van der Waals surface area contributed by atoms with Gasteiger partial charge in [0, 0.05) is 0 Å². The monoisotopic (exact) mass is 563 g/mol. The van der Waals surface area contributed by atoms with Crippen LogP contribution in [0.5, 0.6) is 0 Å². The molecule has 0 saturated heterocycles. The van der Waals surface area contributed by atoms with E-state index in [9.17, 15) is 0 Å². The van der Waals surface area contributed by atoms with Crippen LogP contribution >= 0.6 is 47.6 Å². The molecule has 0 unspecified atom stereocenters. The first kappa shape index (κ1) is 12.5. The molecule has 0 atom stereocenters. The molecule has 0 rings (SSSR count). The second kappa shape index (κ2) is 11.6. The van der Waals surface area contributed by atoms with Gasteiger partial charge >= 0.3 is 77.5 Å². The molecule has 0 radical (unpaired) electrons. The first-order valence-corrected chi connectivity index (χ1v) is 15.2. The zero-order valence-electron chi connectivity index (χ0n) is 2.54. The number of hydrogen-bond donors (Lipinski definition) is 0. The van der Waals surface area contributed by atoms with Crippen molar-refractivity contribution in [2.45, 2.75) is 0 Å². The fourth-order valence-corrected chi connectivity index (χ4v) is 0. The maximum absolute atomic E-state index is 4.97. The quantitative estimate of drug-likeness (QED) is 0.423. The van der Waals surface area contributed by atoms with E-state index in [0.717, 1.165) is 0 Å². The topological polar surface area (TPSA) is 0 Å². The summed E-state index contributed by atoms with van der Waals surface area (Å²) >= 11 is -2.39. The van der Waals surface area contributed by atoms with E-state index in [2.05, 4.69) is 0 Å². The van der Waals surface area contributed by atoms with Crippen molar-refractivity contribution in [2.75, 3.05) is 0 Å². The second-order valence-corrected chi connectivity index (χ2v) is 13.9. The Balaban J connectivity index is 0. The first-order valence-electron chi connectivity index (χ1n) is 0.617. The summed E-state index contributed by atoms with van der Waals surface area (Å²) in [5.41, 5.74) is 0. The predicted molar refractivity (Wildman–Crippen MR) is 29.3 cm³/mol. The molecule has 0 fully saturated rings. The van der Waals surface area contributed by atoms with Crippen LogP contribution in [-0.4, -0.2) is 0 Å². The molecule has 0 amide bonds. The second-order valence-electron chi connectivity index (χ2n) is 0.188. The average Bonchev–Trinajstić information content (AvgIpc) is 1.33. The van der Waals surface area contributed by atoms with Gasteiger partial charge in [-0.15, -0.1) is 0 Å². The standard InChI is InChI=1S/5ClH.Ir.Pt/h5*1H;;/q;;;;;+3;+2/p-5. The third kappa shape index (κ3) is 52.1. The van der Waals surface area contributed by atoms with Crippen molar-refractivity contribution in [1.82, 2.24) is 0 Å². The molecule has 0 N–H and O–H groups in total. The van der Waals surface area contributed by atoms with E-state index in [1.54, 1.807) is 0 Å². The Kier molecular flexibility index (Phi) is 20.6. The van der Waals surface area contributed by atoms with Crippen LogP contribution in [-0.2, 0) is 29.9 Å². The van der Waals surface area contributed by atoms with Crippen LogP contribution in [0.2, 0.25) is 0 Å². The SMILES string of the molecule is [Cl][Ir]([Cl])[Cl].[Cl][Pt][Cl]. The summed E-state index contributed by atoms with van der Waals surface area (Å²) in [6, 6.07) is 0. The van der Waals surface area contributed by atoms with Crippen molar-refractivity contribution in [2.24, 2.45) is 0 Å². The van der Waals surface area contributed by atoms with Crippen LogP contribution in [0.4, 0.5) is 0 Å². The van der Waals surface area contributed by atoms with E-state index in [-0.39, 0.29) is 0 Å². The summed E-state index contributed by atoms with van der Waals surface area (Å²) in [7, 11) is 24.7. The van der Waals surface area contributed by atoms with Gasteiger partial charge in [-0.1, -0.05) is 0 Å². The number of rotatable bonds is 0. The van der Waals surface area contributed by atoms with Crippen molar-refractivity contribution in [1.29, 1.82) is 0 Å². The van der Waals surface area contributed by atoms with Gasteiger partial charge in [0.1, 0.15) is 0 Å². The van der Waals surface area contributed by atoms with Gasteiger partial charge in [0.15, 0.2) is 0 Å². The van der Waals surface area contributed by atoms with Gasteiger partial charge in [-0.2, -0.15) is 0 Å². The van der Waals surface area contributed by atoms with Crippen molar-refractivity contribution in [3.8, 4) is 0 Å². The third-order valence-electron chi connectivity index (χ3n) is 0. The molecule has 0 bridgehead atoms. The molecule has 0 aliphatic rings. The Morgan fingerprint density at radius 2 is 1.00 bits per heavy atom. The molecule has 7 heavy (non-hydrogen) atoms. The minimum atomic E-state index is -1.92. The van der Waals surface area contributed by atoms with Gasteiger partial charge in [-0.3, -0.25) is 0 Å². The molecule has 0 saturated carbocycles. The summed E-state index contributed by atoms with van der Waals surface area (Å²) < 4.78 is 0. The van der Waals surface area contributed by atoms with E-state index in [1.807, 2.05) is 0 Å². The van der Waals surface area contributed by atoms with Crippen LogP contribution in [0.25, 0.3) is 0 Å². The first-order chi connectivity index (χ1) is 3.15. The van der Waals surface area contributed by atoms with Crippen LogP contribution in [0, 0.1) is 0 Å². The van der Waals surface area contributed by atoms with Gasteiger partial charge in [-0.05, 0) is 0 Å². The van der Waals surface area contributed by atoms with Crippen LogP contribution in [0.3, 0.4) is 0 Å². The van der Waals surface area contributed by atoms with Gasteiger partial charge in [0.25, 0.3) is 0 Å². The van der Waals surface area contributed by atoms with Gasteiger partial charge in [-0.25, -0.2) is 0 Å². The van der Waals surface area contributed by atoms with Crippen LogP contribution in [0.15, 0.2) is 0 Å². The summed E-state index contributed by atoms with van der Waals surface area (Å²) in [5.74, 6) is 0. The average molecular weight is 565 g/mol. The molecule has 0 nitrogen and oxygen atoms in total. The van der Waals surface area contributed by atoms with Crippen molar-refractivity contribution in [3.63, 3.8) is 0 Å². The van der Waals surface area contributed by atoms with Gasteiger partial charge < -0.3 is 0 Å². The van der Waals surface area contributed by atoms with Crippen molar-refractivity contribution < 1.29 is 29.9 Å². The van der Waals surface area contributed by atoms with E-state index in [4.69, 9.17) is 47.6 Å². The fourth-order valence-electron chi connectivity index (χ4n) is 0. The molecule has 0 heterocycles. The molecular weight excluding hydrogens is 565 g/mol. The van der Waals surface area contributed by atoms with Crippen molar-refractivity contribution >= 4 is 47.6 Å². The predicted octanol–water partition coefficient (Wildman–Crippen LogP) is 3.44.